The molecule has 1 heterocycles. The molecule has 9 heteroatoms. The fraction of sp³-hybridized carbons (Fsp3) is 0.0526. The highest BCUT2D eigenvalue weighted by molar-refractivity contribution is 7.92. The van der Waals surface area contributed by atoms with Crippen LogP contribution < -0.4 is 15.4 Å². The number of nitrogens with one attached hydrogen (secondary N) is 3. The lowest BCUT2D eigenvalue weighted by Gasteiger charge is -2.12. The molecule has 0 bridgehead atoms. The minimum atomic E-state index is -3.49. The van der Waals surface area contributed by atoms with Crippen LogP contribution in [0.4, 0.5) is 17.1 Å². The summed E-state index contributed by atoms with van der Waals surface area (Å²) in [6.07, 6.45) is 1.03. The Balaban J connectivity index is 1.76. The number of carbonyl (C=O) groups excluding carboxylic acids is 2. The van der Waals surface area contributed by atoms with Crippen molar-refractivity contribution >= 4 is 50.2 Å². The van der Waals surface area contributed by atoms with Crippen molar-refractivity contribution in [1.29, 1.82) is 0 Å². The second-order valence-corrected chi connectivity index (χ2v) is 8.58. The van der Waals surface area contributed by atoms with Gasteiger partial charge in [-0.3, -0.25) is 14.3 Å². The molecule has 2 amide bonds. The van der Waals surface area contributed by atoms with Crippen LogP contribution in [-0.2, 0) is 10.0 Å². The third kappa shape index (κ3) is 5.18. The van der Waals surface area contributed by atoms with Crippen LogP contribution in [0, 0.1) is 0 Å². The van der Waals surface area contributed by atoms with Gasteiger partial charge in [-0.2, -0.15) is 0 Å². The largest absolute Gasteiger partial charge is 0.321 e. The zero-order chi connectivity index (χ0) is 20.1. The van der Waals surface area contributed by atoms with E-state index in [0.717, 1.165) is 6.26 Å². The number of para-hydroxylation sites is 2. The normalized spacial score (nSPS) is 10.9. The monoisotopic (exact) mass is 415 g/mol. The summed E-state index contributed by atoms with van der Waals surface area (Å²) in [6, 6.07) is 16.5. The second-order valence-electron chi connectivity index (χ2n) is 5.89. The lowest BCUT2D eigenvalue weighted by molar-refractivity contribution is 0.101. The number of hydrogen-bond donors (Lipinski definition) is 3. The van der Waals surface area contributed by atoms with Gasteiger partial charge in [0.2, 0.25) is 10.0 Å². The minimum absolute atomic E-state index is 0.254. The Hall–Kier alpha value is -3.17. The predicted molar refractivity (Wildman–Crippen MR) is 112 cm³/mol. The summed E-state index contributed by atoms with van der Waals surface area (Å²) in [5.41, 5.74) is 1.39. The van der Waals surface area contributed by atoms with Gasteiger partial charge in [0.15, 0.2) is 0 Å². The van der Waals surface area contributed by atoms with Crippen molar-refractivity contribution in [3.05, 3.63) is 76.5 Å². The van der Waals surface area contributed by atoms with Crippen LogP contribution in [0.3, 0.4) is 0 Å². The van der Waals surface area contributed by atoms with Crippen LogP contribution in [0.5, 0.6) is 0 Å². The average molecular weight is 415 g/mol. The molecule has 7 nitrogen and oxygen atoms in total. The Labute approximate surface area is 166 Å². The number of anilines is 3. The maximum atomic E-state index is 12.6. The van der Waals surface area contributed by atoms with E-state index in [1.165, 1.54) is 11.3 Å². The molecule has 0 saturated heterocycles. The molecule has 0 aliphatic heterocycles. The van der Waals surface area contributed by atoms with Gasteiger partial charge in [0.25, 0.3) is 11.8 Å². The van der Waals surface area contributed by atoms with Crippen molar-refractivity contribution in [1.82, 2.24) is 0 Å². The lowest BCUT2D eigenvalue weighted by atomic mass is 10.1. The van der Waals surface area contributed by atoms with E-state index < -0.39 is 15.9 Å². The molecule has 144 valence electrons. The molecule has 0 saturated carbocycles. The summed E-state index contributed by atoms with van der Waals surface area (Å²) in [7, 11) is -3.49. The van der Waals surface area contributed by atoms with Crippen molar-refractivity contribution in [2.24, 2.45) is 0 Å². The van der Waals surface area contributed by atoms with E-state index in [1.54, 1.807) is 66.0 Å². The molecule has 3 aromatic rings. The fourth-order valence-electron chi connectivity index (χ4n) is 2.41. The van der Waals surface area contributed by atoms with Crippen LogP contribution >= 0.6 is 11.3 Å². The van der Waals surface area contributed by atoms with Crippen molar-refractivity contribution < 1.29 is 18.0 Å². The van der Waals surface area contributed by atoms with Gasteiger partial charge in [-0.25, -0.2) is 8.42 Å². The Morgan fingerprint density at radius 1 is 0.857 bits per heavy atom. The van der Waals surface area contributed by atoms with E-state index in [2.05, 4.69) is 15.4 Å². The summed E-state index contributed by atoms with van der Waals surface area (Å²) >= 11 is 1.32. The van der Waals surface area contributed by atoms with Crippen molar-refractivity contribution in [3.63, 3.8) is 0 Å². The number of amides is 2. The standard InChI is InChI=1S/C19H17N3O4S2/c1-28(25,26)22-16-9-3-2-8-15(16)21-18(23)13-6-4-7-14(12-13)20-19(24)17-10-5-11-27-17/h2-12,22H,1H3,(H,20,24)(H,21,23). The minimum Gasteiger partial charge on any atom is -0.321 e. The molecule has 0 radical (unpaired) electrons. The maximum Gasteiger partial charge on any atom is 0.265 e. The van der Waals surface area contributed by atoms with Crippen LogP contribution in [0.2, 0.25) is 0 Å². The Kier molecular flexibility index (Phi) is 5.76. The van der Waals surface area contributed by atoms with E-state index in [4.69, 9.17) is 0 Å². The first-order chi connectivity index (χ1) is 13.3. The van der Waals surface area contributed by atoms with E-state index in [0.29, 0.717) is 21.8 Å². The molecule has 0 unspecified atom stereocenters. The number of benzene rings is 2. The fourth-order valence-corrected chi connectivity index (χ4v) is 3.61. The molecule has 0 fully saturated rings. The molecule has 3 rings (SSSR count). The molecular formula is C19H17N3O4S2. The average Bonchev–Trinajstić information content (AvgIpc) is 3.17. The Morgan fingerprint density at radius 2 is 1.61 bits per heavy atom. The second kappa shape index (κ2) is 8.24. The number of sulfonamides is 1. The lowest BCUT2D eigenvalue weighted by Crippen LogP contribution is -2.16. The highest BCUT2D eigenvalue weighted by Gasteiger charge is 2.13. The number of carbonyl (C=O) groups is 2. The summed E-state index contributed by atoms with van der Waals surface area (Å²) in [5.74, 6) is -0.690. The molecule has 3 N–H and O–H groups in total. The molecule has 0 spiro atoms. The van der Waals surface area contributed by atoms with Crippen molar-refractivity contribution in [2.45, 2.75) is 0 Å². The van der Waals surface area contributed by atoms with Crippen molar-refractivity contribution in [3.8, 4) is 0 Å². The van der Waals surface area contributed by atoms with Crippen LogP contribution in [0.15, 0.2) is 66.0 Å². The molecule has 0 aliphatic rings. The van der Waals surface area contributed by atoms with Crippen LogP contribution in [-0.4, -0.2) is 26.5 Å². The van der Waals surface area contributed by atoms with E-state index >= 15 is 0 Å². The Bertz CT molecular complexity index is 1110. The zero-order valence-electron chi connectivity index (χ0n) is 14.8. The topological polar surface area (TPSA) is 104 Å². The smallest absolute Gasteiger partial charge is 0.265 e. The highest BCUT2D eigenvalue weighted by Crippen LogP contribution is 2.23. The predicted octanol–water partition coefficient (Wildman–Crippen LogP) is 3.62. The molecule has 0 aliphatic carbocycles. The van der Waals surface area contributed by atoms with Gasteiger partial charge >= 0.3 is 0 Å². The van der Waals surface area contributed by atoms with Gasteiger partial charge in [0, 0.05) is 11.3 Å². The summed E-state index contributed by atoms with van der Waals surface area (Å²) in [4.78, 5) is 25.3. The molecular weight excluding hydrogens is 398 g/mol. The molecule has 2 aromatic carbocycles. The van der Waals surface area contributed by atoms with E-state index in [-0.39, 0.29) is 11.6 Å². The first-order valence-corrected chi connectivity index (χ1v) is 10.9. The number of hydrogen-bond acceptors (Lipinski definition) is 5. The van der Waals surface area contributed by atoms with Gasteiger partial charge < -0.3 is 10.6 Å². The summed E-state index contributed by atoms with van der Waals surface area (Å²) < 4.78 is 25.3. The number of thiophene rings is 1. The summed E-state index contributed by atoms with van der Waals surface area (Å²) in [5, 5.41) is 7.23. The molecule has 28 heavy (non-hydrogen) atoms. The molecule has 1 aromatic heterocycles. The van der Waals surface area contributed by atoms with E-state index in [1.807, 2.05) is 0 Å². The highest BCUT2D eigenvalue weighted by atomic mass is 32.2. The quantitative estimate of drug-likeness (QED) is 0.572. The SMILES string of the molecule is CS(=O)(=O)Nc1ccccc1NC(=O)c1cccc(NC(=O)c2cccs2)c1. The first-order valence-electron chi connectivity index (χ1n) is 8.15. The Morgan fingerprint density at radius 3 is 2.29 bits per heavy atom. The first kappa shape index (κ1) is 19.6. The molecule has 0 atom stereocenters. The zero-order valence-corrected chi connectivity index (χ0v) is 16.4. The van der Waals surface area contributed by atoms with Gasteiger partial charge in [-0.1, -0.05) is 24.3 Å². The van der Waals surface area contributed by atoms with Gasteiger partial charge in [-0.15, -0.1) is 11.3 Å². The van der Waals surface area contributed by atoms with Crippen LogP contribution in [0.1, 0.15) is 20.0 Å². The maximum absolute atomic E-state index is 12.6. The van der Waals surface area contributed by atoms with Gasteiger partial charge in [0.05, 0.1) is 22.5 Å². The van der Waals surface area contributed by atoms with Crippen LogP contribution in [0.25, 0.3) is 0 Å². The van der Waals surface area contributed by atoms with Crippen molar-refractivity contribution in [2.75, 3.05) is 21.6 Å². The van der Waals surface area contributed by atoms with Gasteiger partial charge in [-0.05, 0) is 41.8 Å². The third-order valence-electron chi connectivity index (χ3n) is 3.60. The number of rotatable bonds is 6. The third-order valence-corrected chi connectivity index (χ3v) is 5.06. The summed E-state index contributed by atoms with van der Waals surface area (Å²) in [6.45, 7) is 0. The van der Waals surface area contributed by atoms with Gasteiger partial charge in [0.1, 0.15) is 0 Å². The van der Waals surface area contributed by atoms with E-state index in [9.17, 15) is 18.0 Å².